The molecule has 1 aliphatic carbocycles. The second kappa shape index (κ2) is 5.34. The molecule has 2 fully saturated rings. The predicted octanol–water partition coefficient (Wildman–Crippen LogP) is 1.37. The number of rotatable bonds is 3. The highest BCUT2D eigenvalue weighted by atomic mass is 79.9. The molecule has 2 aliphatic rings. The number of β-amino-alcohol motifs (C(OH)–C–C–N with tert-alkyl or cyclic N) is 1. The number of hydrogen-bond acceptors (Lipinski definition) is 3. The van der Waals surface area contributed by atoms with Crippen LogP contribution < -0.4 is 0 Å². The van der Waals surface area contributed by atoms with Crippen molar-refractivity contribution in [2.45, 2.75) is 43.8 Å². The highest BCUT2D eigenvalue weighted by molar-refractivity contribution is 9.09. The fraction of sp³-hybridized carbons (Fsp3) is 1.00. The van der Waals surface area contributed by atoms with E-state index in [1.807, 2.05) is 0 Å². The molecule has 3 nitrogen and oxygen atoms in total. The van der Waals surface area contributed by atoms with E-state index in [2.05, 4.69) is 20.8 Å². The lowest BCUT2D eigenvalue weighted by atomic mass is 9.71. The topological polar surface area (TPSA) is 43.7 Å². The average Bonchev–Trinajstić information content (AvgIpc) is 2.29. The molecule has 16 heavy (non-hydrogen) atoms. The normalized spacial score (nSPS) is 38.1. The van der Waals surface area contributed by atoms with Crippen molar-refractivity contribution in [3.8, 4) is 0 Å². The van der Waals surface area contributed by atoms with Crippen LogP contribution in [0, 0.1) is 5.92 Å². The first-order valence-corrected chi connectivity index (χ1v) is 7.45. The van der Waals surface area contributed by atoms with Crippen LogP contribution in [-0.4, -0.2) is 51.8 Å². The Morgan fingerprint density at radius 2 is 2.19 bits per heavy atom. The number of aliphatic hydroxyl groups excluding tert-OH is 1. The fourth-order valence-electron chi connectivity index (χ4n) is 3.15. The minimum Gasteiger partial charge on any atom is -0.391 e. The van der Waals surface area contributed by atoms with Gasteiger partial charge in [0.25, 0.3) is 0 Å². The van der Waals surface area contributed by atoms with Gasteiger partial charge >= 0.3 is 0 Å². The maximum absolute atomic E-state index is 10.5. The molecule has 0 amide bonds. The minimum atomic E-state index is -0.395. The summed E-state index contributed by atoms with van der Waals surface area (Å²) < 4.78 is 0. The third-order valence-electron chi connectivity index (χ3n) is 4.16. The van der Waals surface area contributed by atoms with Gasteiger partial charge in [0.2, 0.25) is 0 Å². The van der Waals surface area contributed by atoms with Crippen molar-refractivity contribution in [2.24, 2.45) is 5.92 Å². The Morgan fingerprint density at radius 3 is 2.94 bits per heavy atom. The summed E-state index contributed by atoms with van der Waals surface area (Å²) >= 11 is 3.29. The zero-order chi connectivity index (χ0) is 11.6. The van der Waals surface area contributed by atoms with Crippen molar-refractivity contribution in [1.82, 2.24) is 4.90 Å². The number of aliphatic hydroxyl groups is 2. The van der Waals surface area contributed by atoms with Gasteiger partial charge in [-0.3, -0.25) is 0 Å². The van der Waals surface area contributed by atoms with Gasteiger partial charge in [0.15, 0.2) is 0 Å². The van der Waals surface area contributed by atoms with Crippen LogP contribution in [0.25, 0.3) is 0 Å². The molecule has 0 spiro atoms. The number of alkyl halides is 1. The Labute approximate surface area is 106 Å². The highest BCUT2D eigenvalue weighted by Gasteiger charge is 2.42. The molecule has 0 radical (unpaired) electrons. The van der Waals surface area contributed by atoms with Crippen LogP contribution in [0.5, 0.6) is 0 Å². The van der Waals surface area contributed by atoms with Gasteiger partial charge in [0.1, 0.15) is 0 Å². The quantitative estimate of drug-likeness (QED) is 0.772. The van der Waals surface area contributed by atoms with Gasteiger partial charge in [-0.1, -0.05) is 28.8 Å². The van der Waals surface area contributed by atoms with Crippen molar-refractivity contribution < 1.29 is 10.2 Å². The number of piperidine rings is 1. The summed E-state index contributed by atoms with van der Waals surface area (Å²) in [6, 6.07) is 0. The van der Waals surface area contributed by atoms with Crippen molar-refractivity contribution in [3.05, 3.63) is 0 Å². The summed E-state index contributed by atoms with van der Waals surface area (Å²) in [5.74, 6) is 0.428. The molecule has 2 rings (SSSR count). The molecule has 0 aromatic heterocycles. The summed E-state index contributed by atoms with van der Waals surface area (Å²) in [4.78, 5) is 2.30. The minimum absolute atomic E-state index is 0.283. The smallest absolute Gasteiger partial charge is 0.0763 e. The average molecular weight is 292 g/mol. The van der Waals surface area contributed by atoms with Crippen LogP contribution in [0.1, 0.15) is 32.1 Å². The van der Waals surface area contributed by atoms with Gasteiger partial charge in [-0.25, -0.2) is 0 Å². The molecule has 1 saturated heterocycles. The third kappa shape index (κ3) is 2.78. The summed E-state index contributed by atoms with van der Waals surface area (Å²) in [5, 5.41) is 20.8. The summed E-state index contributed by atoms with van der Waals surface area (Å²) in [5.41, 5.74) is -0.395. The first-order valence-electron chi connectivity index (χ1n) is 6.33. The Kier molecular flexibility index (Phi) is 4.27. The van der Waals surface area contributed by atoms with Gasteiger partial charge in [0.05, 0.1) is 11.7 Å². The van der Waals surface area contributed by atoms with E-state index in [-0.39, 0.29) is 6.10 Å². The molecule has 0 aromatic carbocycles. The van der Waals surface area contributed by atoms with E-state index in [0.717, 1.165) is 38.9 Å². The first kappa shape index (κ1) is 12.8. The molecular weight excluding hydrogens is 270 g/mol. The van der Waals surface area contributed by atoms with Crippen molar-refractivity contribution in [1.29, 1.82) is 0 Å². The number of likely N-dealkylation sites (tertiary alicyclic amines) is 1. The second-order valence-corrected chi connectivity index (χ2v) is 6.01. The zero-order valence-electron chi connectivity index (χ0n) is 9.74. The molecule has 0 bridgehead atoms. The van der Waals surface area contributed by atoms with Crippen LogP contribution in [0.4, 0.5) is 0 Å². The molecular formula is C12H22BrNO2. The van der Waals surface area contributed by atoms with Crippen molar-refractivity contribution in [3.63, 3.8) is 0 Å². The van der Waals surface area contributed by atoms with E-state index >= 15 is 0 Å². The molecule has 94 valence electrons. The zero-order valence-corrected chi connectivity index (χ0v) is 11.3. The lowest BCUT2D eigenvalue weighted by molar-refractivity contribution is -0.0990. The van der Waals surface area contributed by atoms with Crippen molar-refractivity contribution >= 4 is 15.9 Å². The van der Waals surface area contributed by atoms with Crippen LogP contribution in [0.2, 0.25) is 0 Å². The van der Waals surface area contributed by atoms with E-state index in [1.165, 1.54) is 12.8 Å². The Morgan fingerprint density at radius 1 is 1.38 bits per heavy atom. The summed E-state index contributed by atoms with van der Waals surface area (Å²) in [7, 11) is 0. The maximum atomic E-state index is 10.5. The van der Waals surface area contributed by atoms with Gasteiger partial charge in [-0.15, -0.1) is 0 Å². The molecule has 3 unspecified atom stereocenters. The lowest BCUT2D eigenvalue weighted by Gasteiger charge is -2.47. The van der Waals surface area contributed by atoms with E-state index in [4.69, 9.17) is 0 Å². The molecule has 1 saturated carbocycles. The third-order valence-corrected chi connectivity index (χ3v) is 4.91. The largest absolute Gasteiger partial charge is 0.391 e. The summed E-state index contributed by atoms with van der Waals surface area (Å²) in [6.07, 6.45) is 5.16. The maximum Gasteiger partial charge on any atom is 0.0763 e. The Balaban J connectivity index is 1.89. The lowest BCUT2D eigenvalue weighted by Crippen LogP contribution is -2.54. The van der Waals surface area contributed by atoms with Crippen LogP contribution >= 0.6 is 15.9 Å². The Hall–Kier alpha value is 0.360. The molecule has 1 aliphatic heterocycles. The van der Waals surface area contributed by atoms with E-state index in [9.17, 15) is 10.2 Å². The monoisotopic (exact) mass is 291 g/mol. The number of halogens is 1. The first-order chi connectivity index (χ1) is 7.64. The molecule has 3 atom stereocenters. The van der Waals surface area contributed by atoms with Crippen molar-refractivity contribution in [2.75, 3.05) is 25.0 Å². The van der Waals surface area contributed by atoms with Gasteiger partial charge in [-0.2, -0.15) is 0 Å². The summed E-state index contributed by atoms with van der Waals surface area (Å²) in [6.45, 7) is 2.62. The molecule has 4 heteroatoms. The van der Waals surface area contributed by atoms with E-state index in [1.54, 1.807) is 0 Å². The Bertz CT molecular complexity index is 239. The number of nitrogens with zero attached hydrogens (tertiary/aromatic N) is 1. The SMILES string of the molecule is OC(CBr)CN1CCC2(O)CCCCC2C1. The van der Waals surface area contributed by atoms with Gasteiger partial charge in [-0.05, 0) is 19.3 Å². The van der Waals surface area contributed by atoms with E-state index < -0.39 is 5.60 Å². The van der Waals surface area contributed by atoms with Gasteiger partial charge in [0, 0.05) is 30.9 Å². The van der Waals surface area contributed by atoms with Crippen LogP contribution in [-0.2, 0) is 0 Å². The van der Waals surface area contributed by atoms with E-state index in [0.29, 0.717) is 11.2 Å². The molecule has 0 aromatic rings. The van der Waals surface area contributed by atoms with Gasteiger partial charge < -0.3 is 15.1 Å². The fourth-order valence-corrected chi connectivity index (χ4v) is 3.36. The highest BCUT2D eigenvalue weighted by Crippen LogP contribution is 2.39. The number of fused-ring (bicyclic) bond motifs is 1. The second-order valence-electron chi connectivity index (χ2n) is 5.36. The van der Waals surface area contributed by atoms with Crippen LogP contribution in [0.3, 0.4) is 0 Å². The standard InChI is InChI=1S/C12H22BrNO2/c13-7-11(15)9-14-6-5-12(16)4-2-1-3-10(12)8-14/h10-11,15-16H,1-9H2. The molecule has 1 heterocycles. The van der Waals surface area contributed by atoms with Crippen LogP contribution in [0.15, 0.2) is 0 Å². The predicted molar refractivity (Wildman–Crippen MR) is 67.8 cm³/mol. The number of hydrogen-bond donors (Lipinski definition) is 2. The molecule has 2 N–H and O–H groups in total.